The third-order valence-corrected chi connectivity index (χ3v) is 13.6. The van der Waals surface area contributed by atoms with Crippen molar-refractivity contribution in [3.05, 3.63) is 143 Å². The van der Waals surface area contributed by atoms with E-state index in [0.717, 1.165) is 62.8 Å². The maximum atomic E-state index is 14.7. The van der Waals surface area contributed by atoms with Crippen LogP contribution < -0.4 is 13.6 Å². The summed E-state index contributed by atoms with van der Waals surface area (Å²) in [5.74, 6) is 1.60. The lowest BCUT2D eigenvalue weighted by atomic mass is 10.2. The highest BCUT2D eigenvalue weighted by Gasteiger charge is 2.34. The molecule has 53 heavy (non-hydrogen) atoms. The number of phenolic OH excluding ortho intramolecular Hbond substituents is 3. The molecule has 0 fully saturated rings. The van der Waals surface area contributed by atoms with E-state index in [9.17, 15) is 19.9 Å². The number of hydrogen-bond donors (Lipinski definition) is 3. The van der Waals surface area contributed by atoms with E-state index in [-0.39, 0.29) is 17.2 Å². The minimum Gasteiger partial charge on any atom is -0.508 e. The molecule has 0 amide bonds. The molecule has 0 saturated carbocycles. The molecule has 11 heteroatoms. The normalized spacial score (nSPS) is 11.4. The molecule has 272 valence electrons. The molecular formula is C42H39O7PS3. The lowest BCUT2D eigenvalue weighted by Crippen LogP contribution is -2.08. The molecular weight excluding hydrogens is 744 g/mol. The van der Waals surface area contributed by atoms with Gasteiger partial charge in [0.25, 0.3) is 0 Å². The Morgan fingerprint density at radius 2 is 0.604 bits per heavy atom. The van der Waals surface area contributed by atoms with Crippen LogP contribution in [0.1, 0.15) is 33.4 Å². The number of phosphoric ester groups is 1. The summed E-state index contributed by atoms with van der Waals surface area (Å²) in [6, 6.07) is 32.1. The monoisotopic (exact) mass is 782 g/mol. The fourth-order valence-corrected chi connectivity index (χ4v) is 9.50. The highest BCUT2D eigenvalue weighted by atomic mass is 32.2. The summed E-state index contributed by atoms with van der Waals surface area (Å²) in [7, 11) is -4.33. The van der Waals surface area contributed by atoms with E-state index >= 15 is 0 Å². The summed E-state index contributed by atoms with van der Waals surface area (Å²) in [6.45, 7) is 11.7. The molecule has 0 atom stereocenters. The molecule has 0 aliphatic heterocycles. The SMILES string of the molecule is Cc1cc(O)ccc1Sc1ccc(OP(=O)(Oc2ccc(Sc3ccc(O)cc3C)c(C)c2)Oc2ccc(Sc3ccc(O)cc3C)c(C)c2)cc1C. The summed E-state index contributed by atoms with van der Waals surface area (Å²) in [5, 5.41) is 29.5. The van der Waals surface area contributed by atoms with Gasteiger partial charge < -0.3 is 28.9 Å². The van der Waals surface area contributed by atoms with E-state index in [1.165, 1.54) is 0 Å². The number of benzene rings is 6. The Labute approximate surface area is 323 Å². The van der Waals surface area contributed by atoms with Gasteiger partial charge in [0, 0.05) is 29.4 Å². The Kier molecular flexibility index (Phi) is 11.6. The average molecular weight is 783 g/mol. The van der Waals surface area contributed by atoms with Gasteiger partial charge in [-0.05, 0) is 184 Å². The maximum absolute atomic E-state index is 14.7. The van der Waals surface area contributed by atoms with Crippen molar-refractivity contribution in [1.29, 1.82) is 0 Å². The van der Waals surface area contributed by atoms with Crippen LogP contribution >= 0.6 is 43.1 Å². The molecule has 0 unspecified atom stereocenters. The van der Waals surface area contributed by atoms with Crippen molar-refractivity contribution < 1.29 is 33.5 Å². The number of aromatic hydroxyl groups is 3. The van der Waals surface area contributed by atoms with Gasteiger partial charge in [0.15, 0.2) is 0 Å². The van der Waals surface area contributed by atoms with Crippen LogP contribution in [0.3, 0.4) is 0 Å². The first-order chi connectivity index (χ1) is 25.2. The molecule has 0 aliphatic rings. The molecule has 7 nitrogen and oxygen atoms in total. The Bertz CT molecular complexity index is 2100. The fourth-order valence-electron chi connectivity index (χ4n) is 5.42. The van der Waals surface area contributed by atoms with Gasteiger partial charge in [-0.25, -0.2) is 0 Å². The quantitative estimate of drug-likeness (QED) is 0.104. The Balaban J connectivity index is 1.27. The Morgan fingerprint density at radius 1 is 0.377 bits per heavy atom. The molecule has 0 aromatic heterocycles. The van der Waals surface area contributed by atoms with E-state index in [1.54, 1.807) is 108 Å². The minimum absolute atomic E-state index is 0.218. The first-order valence-corrected chi connectivity index (χ1v) is 20.6. The van der Waals surface area contributed by atoms with Gasteiger partial charge >= 0.3 is 7.82 Å². The summed E-state index contributed by atoms with van der Waals surface area (Å²) in [4.78, 5) is 5.94. The van der Waals surface area contributed by atoms with Gasteiger partial charge in [-0.3, -0.25) is 0 Å². The molecule has 6 aromatic carbocycles. The first kappa shape index (κ1) is 38.1. The van der Waals surface area contributed by atoms with Crippen LogP contribution in [-0.4, -0.2) is 15.3 Å². The second-order valence-electron chi connectivity index (χ2n) is 12.7. The summed E-state index contributed by atoms with van der Waals surface area (Å²) in [6.07, 6.45) is 0. The number of phosphoric acid groups is 1. The molecule has 0 spiro atoms. The highest BCUT2D eigenvalue weighted by molar-refractivity contribution is 8.00. The number of rotatable bonds is 12. The number of phenols is 3. The predicted octanol–water partition coefficient (Wildman–Crippen LogP) is 12.8. The van der Waals surface area contributed by atoms with Gasteiger partial charge in [0.2, 0.25) is 0 Å². The lowest BCUT2D eigenvalue weighted by molar-refractivity contribution is 0.298. The van der Waals surface area contributed by atoms with Crippen LogP contribution in [0.25, 0.3) is 0 Å². The van der Waals surface area contributed by atoms with E-state index in [1.807, 2.05) is 77.9 Å². The largest absolute Gasteiger partial charge is 0.647 e. The molecule has 0 saturated heterocycles. The van der Waals surface area contributed by atoms with Gasteiger partial charge in [0.05, 0.1) is 0 Å². The van der Waals surface area contributed by atoms with Gasteiger partial charge in [-0.1, -0.05) is 35.3 Å². The Morgan fingerprint density at radius 3 is 0.830 bits per heavy atom. The molecule has 0 radical (unpaired) electrons. The summed E-state index contributed by atoms with van der Waals surface area (Å²) < 4.78 is 33.1. The van der Waals surface area contributed by atoms with E-state index < -0.39 is 7.82 Å². The van der Waals surface area contributed by atoms with Crippen LogP contribution in [0.4, 0.5) is 0 Å². The van der Waals surface area contributed by atoms with E-state index in [0.29, 0.717) is 17.2 Å². The third-order valence-electron chi connectivity index (χ3n) is 8.23. The second kappa shape index (κ2) is 16.2. The zero-order chi connectivity index (χ0) is 37.9. The zero-order valence-corrected chi connectivity index (χ0v) is 33.4. The van der Waals surface area contributed by atoms with Gasteiger partial charge in [-0.2, -0.15) is 4.57 Å². The van der Waals surface area contributed by atoms with Crippen molar-refractivity contribution in [3.63, 3.8) is 0 Å². The Hall–Kier alpha value is -4.60. The van der Waals surface area contributed by atoms with Crippen molar-refractivity contribution in [1.82, 2.24) is 0 Å². The van der Waals surface area contributed by atoms with Gasteiger partial charge in [0.1, 0.15) is 34.5 Å². The van der Waals surface area contributed by atoms with Crippen molar-refractivity contribution >= 4 is 43.1 Å². The van der Waals surface area contributed by atoms with Crippen LogP contribution in [0, 0.1) is 41.5 Å². The van der Waals surface area contributed by atoms with Crippen LogP contribution in [0.2, 0.25) is 0 Å². The molecule has 6 aromatic rings. The topological polar surface area (TPSA) is 105 Å². The minimum atomic E-state index is -4.33. The third kappa shape index (κ3) is 9.69. The molecule has 3 N–H and O–H groups in total. The summed E-state index contributed by atoms with van der Waals surface area (Å²) in [5.41, 5.74) is 5.56. The van der Waals surface area contributed by atoms with Crippen molar-refractivity contribution in [2.24, 2.45) is 0 Å². The van der Waals surface area contributed by atoms with E-state index in [4.69, 9.17) is 13.6 Å². The summed E-state index contributed by atoms with van der Waals surface area (Å²) >= 11 is 4.69. The highest BCUT2D eigenvalue weighted by Crippen LogP contribution is 2.51. The molecule has 0 bridgehead atoms. The van der Waals surface area contributed by atoms with E-state index in [2.05, 4.69) is 0 Å². The van der Waals surface area contributed by atoms with Crippen LogP contribution in [0.5, 0.6) is 34.5 Å². The zero-order valence-electron chi connectivity index (χ0n) is 30.0. The lowest BCUT2D eigenvalue weighted by Gasteiger charge is -2.21. The van der Waals surface area contributed by atoms with Crippen LogP contribution in [-0.2, 0) is 4.57 Å². The number of aryl methyl sites for hydroxylation is 6. The van der Waals surface area contributed by atoms with Crippen molar-refractivity contribution in [2.45, 2.75) is 70.9 Å². The molecule has 6 rings (SSSR count). The standard InChI is InChI=1S/C42H39O7PS3/c1-25-19-31(43)7-13-37(25)51-40-16-10-34(22-28(40)4)47-50(46,48-35-11-17-41(29(5)23-35)52-38-14-8-32(44)20-26(38)2)49-36-12-18-42(30(6)24-36)53-39-15-9-33(45)21-27(39)3/h7-24,43-45H,1-6H3. The van der Waals surface area contributed by atoms with Crippen molar-refractivity contribution in [2.75, 3.05) is 0 Å². The first-order valence-electron chi connectivity index (χ1n) is 16.7. The van der Waals surface area contributed by atoms with Crippen LogP contribution in [0.15, 0.2) is 139 Å². The second-order valence-corrected chi connectivity index (χ2v) is 17.4. The van der Waals surface area contributed by atoms with Gasteiger partial charge in [-0.15, -0.1) is 0 Å². The smallest absolute Gasteiger partial charge is 0.508 e. The van der Waals surface area contributed by atoms with Crippen molar-refractivity contribution in [3.8, 4) is 34.5 Å². The molecule has 0 aliphatic carbocycles. The predicted molar refractivity (Wildman–Crippen MR) is 214 cm³/mol. The number of hydrogen-bond acceptors (Lipinski definition) is 10. The fraction of sp³-hybridized carbons (Fsp3) is 0.143. The average Bonchev–Trinajstić information content (AvgIpc) is 3.08. The molecule has 0 heterocycles. The maximum Gasteiger partial charge on any atom is 0.647 e.